The van der Waals surface area contributed by atoms with Gasteiger partial charge in [-0.15, -0.1) is 11.3 Å². The average Bonchev–Trinajstić information content (AvgIpc) is 2.80. The standard InChI is InChI=1S/C13H14ClNO2S/c1-7-5-6-8(2)15(7)12-10(13(16)17-4)9(3)11(14)18-12/h5-6H,1-4H3. The van der Waals surface area contributed by atoms with Crippen LogP contribution in [0.1, 0.15) is 27.3 Å². The Morgan fingerprint density at radius 2 is 1.83 bits per heavy atom. The Morgan fingerprint density at radius 1 is 1.28 bits per heavy atom. The van der Waals surface area contributed by atoms with Crippen LogP contribution in [0.15, 0.2) is 12.1 Å². The normalized spacial score (nSPS) is 10.7. The van der Waals surface area contributed by atoms with E-state index in [9.17, 15) is 4.79 Å². The summed E-state index contributed by atoms with van der Waals surface area (Å²) < 4.78 is 7.49. The van der Waals surface area contributed by atoms with E-state index in [4.69, 9.17) is 16.3 Å². The maximum Gasteiger partial charge on any atom is 0.341 e. The predicted molar refractivity (Wildman–Crippen MR) is 74.2 cm³/mol. The molecule has 2 aromatic heterocycles. The number of hydrogen-bond donors (Lipinski definition) is 0. The molecular formula is C13H14ClNO2S. The Balaban J connectivity index is 2.72. The SMILES string of the molecule is COC(=O)c1c(-n2c(C)ccc2C)sc(Cl)c1C. The second-order valence-electron chi connectivity index (χ2n) is 4.12. The van der Waals surface area contributed by atoms with E-state index >= 15 is 0 Å². The summed E-state index contributed by atoms with van der Waals surface area (Å²) in [6, 6.07) is 4.03. The van der Waals surface area contributed by atoms with Gasteiger partial charge in [-0.1, -0.05) is 11.6 Å². The van der Waals surface area contributed by atoms with Crippen molar-refractivity contribution in [2.45, 2.75) is 20.8 Å². The molecule has 0 fully saturated rings. The topological polar surface area (TPSA) is 31.2 Å². The smallest absolute Gasteiger partial charge is 0.341 e. The predicted octanol–water partition coefficient (Wildman–Crippen LogP) is 3.90. The Hall–Kier alpha value is -1.26. The van der Waals surface area contributed by atoms with Gasteiger partial charge in [0.05, 0.1) is 17.0 Å². The first-order chi connectivity index (χ1) is 8.47. The summed E-state index contributed by atoms with van der Waals surface area (Å²) in [4.78, 5) is 11.9. The third-order valence-electron chi connectivity index (χ3n) is 2.93. The lowest BCUT2D eigenvalue weighted by atomic mass is 10.2. The molecule has 0 radical (unpaired) electrons. The molecule has 0 spiro atoms. The van der Waals surface area contributed by atoms with Crippen LogP contribution in [0.5, 0.6) is 0 Å². The number of carbonyl (C=O) groups is 1. The molecule has 0 saturated carbocycles. The molecule has 96 valence electrons. The van der Waals surface area contributed by atoms with Crippen molar-refractivity contribution in [1.29, 1.82) is 0 Å². The molecule has 3 nitrogen and oxygen atoms in total. The van der Waals surface area contributed by atoms with Crippen molar-refractivity contribution >= 4 is 28.9 Å². The molecule has 2 heterocycles. The number of aryl methyl sites for hydroxylation is 2. The number of methoxy groups -OCH3 is 1. The fourth-order valence-electron chi connectivity index (χ4n) is 1.96. The van der Waals surface area contributed by atoms with Crippen molar-refractivity contribution < 1.29 is 9.53 Å². The van der Waals surface area contributed by atoms with Crippen molar-refractivity contribution in [3.63, 3.8) is 0 Å². The van der Waals surface area contributed by atoms with Crippen molar-refractivity contribution in [3.8, 4) is 5.00 Å². The Morgan fingerprint density at radius 3 is 2.33 bits per heavy atom. The van der Waals surface area contributed by atoms with Crippen LogP contribution in [0.2, 0.25) is 4.34 Å². The van der Waals surface area contributed by atoms with Gasteiger partial charge in [-0.3, -0.25) is 0 Å². The van der Waals surface area contributed by atoms with Gasteiger partial charge in [-0.25, -0.2) is 4.79 Å². The van der Waals surface area contributed by atoms with E-state index < -0.39 is 0 Å². The minimum atomic E-state index is -0.349. The largest absolute Gasteiger partial charge is 0.465 e. The van der Waals surface area contributed by atoms with Crippen LogP contribution in [-0.2, 0) is 4.74 Å². The summed E-state index contributed by atoms with van der Waals surface area (Å²) in [5, 5.41) is 0.823. The highest BCUT2D eigenvalue weighted by Gasteiger charge is 2.23. The summed E-state index contributed by atoms with van der Waals surface area (Å²) >= 11 is 7.55. The van der Waals surface area contributed by atoms with Gasteiger partial charge in [0, 0.05) is 11.4 Å². The van der Waals surface area contributed by atoms with E-state index in [1.54, 1.807) is 0 Å². The van der Waals surface area contributed by atoms with E-state index in [1.165, 1.54) is 18.4 Å². The molecule has 0 N–H and O–H groups in total. The summed E-state index contributed by atoms with van der Waals surface area (Å²) in [5.74, 6) is -0.349. The highest BCUT2D eigenvalue weighted by atomic mass is 35.5. The summed E-state index contributed by atoms with van der Waals surface area (Å²) in [5.41, 5.74) is 3.46. The lowest BCUT2D eigenvalue weighted by Crippen LogP contribution is -2.08. The molecule has 0 amide bonds. The lowest BCUT2D eigenvalue weighted by Gasteiger charge is -2.09. The fourth-order valence-corrected chi connectivity index (χ4v) is 3.42. The third-order valence-corrected chi connectivity index (χ3v) is 4.51. The molecule has 0 aliphatic heterocycles. The summed E-state index contributed by atoms with van der Waals surface area (Å²) in [6.07, 6.45) is 0. The number of esters is 1. The molecule has 0 aliphatic rings. The molecule has 0 atom stereocenters. The van der Waals surface area contributed by atoms with Crippen LogP contribution in [-0.4, -0.2) is 17.6 Å². The molecule has 0 aliphatic carbocycles. The van der Waals surface area contributed by atoms with E-state index in [1.807, 2.05) is 37.5 Å². The van der Waals surface area contributed by atoms with Crippen molar-refractivity contribution in [3.05, 3.63) is 39.0 Å². The number of ether oxygens (including phenoxy) is 1. The van der Waals surface area contributed by atoms with Crippen LogP contribution >= 0.6 is 22.9 Å². The van der Waals surface area contributed by atoms with Crippen LogP contribution in [0.25, 0.3) is 5.00 Å². The van der Waals surface area contributed by atoms with Crippen LogP contribution in [0.3, 0.4) is 0 Å². The summed E-state index contributed by atoms with van der Waals surface area (Å²) in [6.45, 7) is 5.83. The number of nitrogens with zero attached hydrogens (tertiary/aromatic N) is 1. The zero-order chi connectivity index (χ0) is 13.4. The van der Waals surface area contributed by atoms with Gasteiger partial charge in [0.2, 0.25) is 0 Å². The van der Waals surface area contributed by atoms with E-state index in [0.29, 0.717) is 9.90 Å². The van der Waals surface area contributed by atoms with Crippen LogP contribution in [0.4, 0.5) is 0 Å². The van der Waals surface area contributed by atoms with E-state index in [0.717, 1.165) is 22.0 Å². The highest BCUT2D eigenvalue weighted by Crippen LogP contribution is 2.36. The highest BCUT2D eigenvalue weighted by molar-refractivity contribution is 7.19. The number of rotatable bonds is 2. The minimum absolute atomic E-state index is 0.349. The van der Waals surface area contributed by atoms with E-state index in [2.05, 4.69) is 0 Å². The Labute approximate surface area is 115 Å². The minimum Gasteiger partial charge on any atom is -0.465 e. The zero-order valence-corrected chi connectivity index (χ0v) is 12.3. The van der Waals surface area contributed by atoms with Gasteiger partial charge in [0.15, 0.2) is 0 Å². The van der Waals surface area contributed by atoms with Crippen LogP contribution in [0, 0.1) is 20.8 Å². The van der Waals surface area contributed by atoms with Gasteiger partial charge in [-0.05, 0) is 38.5 Å². The molecule has 18 heavy (non-hydrogen) atoms. The number of carbonyl (C=O) groups excluding carboxylic acids is 1. The number of thiophene rings is 1. The summed E-state index contributed by atoms with van der Waals surface area (Å²) in [7, 11) is 1.38. The molecule has 0 saturated heterocycles. The molecule has 2 aromatic rings. The van der Waals surface area contributed by atoms with Gasteiger partial charge in [0.1, 0.15) is 5.00 Å². The quantitative estimate of drug-likeness (QED) is 0.783. The van der Waals surface area contributed by atoms with Crippen molar-refractivity contribution in [2.75, 3.05) is 7.11 Å². The molecular weight excluding hydrogens is 270 g/mol. The Bertz CT molecular complexity index is 593. The first-order valence-corrected chi connectivity index (χ1v) is 6.69. The number of aromatic nitrogens is 1. The second kappa shape index (κ2) is 4.78. The van der Waals surface area contributed by atoms with Crippen molar-refractivity contribution in [1.82, 2.24) is 4.57 Å². The molecule has 0 aromatic carbocycles. The van der Waals surface area contributed by atoms with Crippen LogP contribution < -0.4 is 0 Å². The first kappa shape index (κ1) is 13.2. The second-order valence-corrected chi connectivity index (χ2v) is 5.73. The number of hydrogen-bond acceptors (Lipinski definition) is 3. The zero-order valence-electron chi connectivity index (χ0n) is 10.7. The molecule has 5 heteroatoms. The van der Waals surface area contributed by atoms with E-state index in [-0.39, 0.29) is 5.97 Å². The maximum atomic E-state index is 11.9. The number of halogens is 1. The fraction of sp³-hybridized carbons (Fsp3) is 0.308. The average molecular weight is 284 g/mol. The molecule has 0 unspecified atom stereocenters. The monoisotopic (exact) mass is 283 g/mol. The molecule has 0 bridgehead atoms. The first-order valence-electron chi connectivity index (χ1n) is 5.50. The third kappa shape index (κ3) is 1.95. The van der Waals surface area contributed by atoms with Crippen molar-refractivity contribution in [2.24, 2.45) is 0 Å². The molecule has 2 rings (SSSR count). The maximum absolute atomic E-state index is 11.9. The van der Waals surface area contributed by atoms with Gasteiger partial charge >= 0.3 is 5.97 Å². The van der Waals surface area contributed by atoms with Gasteiger partial charge in [-0.2, -0.15) is 0 Å². The van der Waals surface area contributed by atoms with Gasteiger partial charge < -0.3 is 9.30 Å². The Kier molecular flexibility index (Phi) is 3.50. The van der Waals surface area contributed by atoms with Gasteiger partial charge in [0.25, 0.3) is 0 Å². The lowest BCUT2D eigenvalue weighted by molar-refractivity contribution is 0.0600.